The lowest BCUT2D eigenvalue weighted by Gasteiger charge is -2.19. The zero-order chi connectivity index (χ0) is 13.3. The quantitative estimate of drug-likeness (QED) is 0.416. The number of halogens is 5. The Hall–Kier alpha value is 0.107. The summed E-state index contributed by atoms with van der Waals surface area (Å²) in [6, 6.07) is 12.8. The maximum atomic E-state index is 6.53. The Labute approximate surface area is 131 Å². The van der Waals surface area contributed by atoms with Crippen LogP contribution in [0.4, 0.5) is 0 Å². The minimum atomic E-state index is -2.88. The van der Waals surface area contributed by atoms with Crippen molar-refractivity contribution in [1.29, 1.82) is 0 Å². The molecule has 0 aliphatic heterocycles. The first-order chi connectivity index (χ1) is 8.44. The Morgan fingerprint density at radius 3 is 1.94 bits per heavy atom. The summed E-state index contributed by atoms with van der Waals surface area (Å²) in [7, 11) is 0. The van der Waals surface area contributed by atoms with Gasteiger partial charge in [-0.1, -0.05) is 71.2 Å². The van der Waals surface area contributed by atoms with Crippen molar-refractivity contribution in [3.8, 4) is 0 Å². The van der Waals surface area contributed by atoms with Gasteiger partial charge in [-0.3, -0.25) is 0 Å². The summed E-state index contributed by atoms with van der Waals surface area (Å²) in [5.41, 5.74) is 0. The van der Waals surface area contributed by atoms with E-state index in [-0.39, 0.29) is 5.02 Å². The molecule has 0 unspecified atom stereocenters. The topological polar surface area (TPSA) is 0 Å². The van der Waals surface area contributed by atoms with E-state index in [4.69, 9.17) is 57.0 Å². The molecule has 0 radical (unpaired) electrons. The second kappa shape index (κ2) is 5.62. The van der Waals surface area contributed by atoms with Crippen molar-refractivity contribution >= 4 is 74.0 Å². The molecule has 0 amide bonds. The lowest BCUT2D eigenvalue weighted by molar-refractivity contribution is 1.73. The van der Waals surface area contributed by atoms with Gasteiger partial charge in [0, 0.05) is 0 Å². The van der Waals surface area contributed by atoms with E-state index in [9.17, 15) is 0 Å². The van der Waals surface area contributed by atoms with Crippen LogP contribution in [0.25, 0.3) is 0 Å². The Balaban J connectivity index is 2.58. The van der Waals surface area contributed by atoms with Crippen LogP contribution >= 0.6 is 57.0 Å². The molecule has 6 heteroatoms. The monoisotopic (exact) mass is 354 g/mol. The van der Waals surface area contributed by atoms with Crippen LogP contribution in [0, 0.1) is 0 Å². The normalized spacial score (nSPS) is 11.6. The van der Waals surface area contributed by atoms with Crippen LogP contribution in [0.2, 0.25) is 15.1 Å². The van der Waals surface area contributed by atoms with Crippen LogP contribution in [-0.4, -0.2) is 6.69 Å². The molecule has 0 heterocycles. The van der Waals surface area contributed by atoms with Gasteiger partial charge in [-0.15, -0.1) is 22.2 Å². The molecule has 0 aliphatic rings. The third-order valence-corrected chi connectivity index (χ3v) is 8.64. The summed E-state index contributed by atoms with van der Waals surface area (Å²) in [5.74, 6) is 0. The zero-order valence-corrected chi connectivity index (χ0v) is 13.7. The van der Waals surface area contributed by atoms with E-state index in [1.165, 1.54) is 0 Å². The maximum absolute atomic E-state index is 6.53. The molecule has 0 saturated heterocycles. The molecule has 2 aromatic rings. The maximum Gasteiger partial charge on any atom is 0.311 e. The SMILES string of the molecule is Clc1ccc([Si](Cl)(Cl)c2ccccc2)c(Cl)c1Cl. The van der Waals surface area contributed by atoms with Crippen LogP contribution in [0.5, 0.6) is 0 Å². The van der Waals surface area contributed by atoms with Crippen molar-refractivity contribution in [2.75, 3.05) is 0 Å². The van der Waals surface area contributed by atoms with Crippen LogP contribution in [-0.2, 0) is 0 Å². The van der Waals surface area contributed by atoms with Crippen molar-refractivity contribution in [3.63, 3.8) is 0 Å². The lowest BCUT2D eigenvalue weighted by Crippen LogP contribution is -2.49. The van der Waals surface area contributed by atoms with E-state index in [0.29, 0.717) is 15.2 Å². The molecule has 0 N–H and O–H groups in total. The molecule has 18 heavy (non-hydrogen) atoms. The third-order valence-electron chi connectivity index (χ3n) is 2.51. The molecular formula is C12H7Cl5Si. The number of hydrogen-bond acceptors (Lipinski definition) is 0. The first-order valence-electron chi connectivity index (χ1n) is 5.02. The lowest BCUT2D eigenvalue weighted by atomic mass is 10.3. The van der Waals surface area contributed by atoms with E-state index >= 15 is 0 Å². The molecule has 0 aromatic heterocycles. The average molecular weight is 357 g/mol. The summed E-state index contributed by atoms with van der Waals surface area (Å²) in [5, 5.41) is 2.49. The number of benzene rings is 2. The molecular weight excluding hydrogens is 349 g/mol. The van der Waals surface area contributed by atoms with Crippen molar-refractivity contribution in [2.45, 2.75) is 0 Å². The Morgan fingerprint density at radius 2 is 1.33 bits per heavy atom. The first kappa shape index (κ1) is 14.5. The summed E-state index contributed by atoms with van der Waals surface area (Å²) < 4.78 is 0. The number of rotatable bonds is 2. The highest BCUT2D eigenvalue weighted by molar-refractivity contribution is 7.56. The van der Waals surface area contributed by atoms with Gasteiger partial charge in [0.25, 0.3) is 0 Å². The predicted octanol–water partition coefficient (Wildman–Crippen LogP) is 4.68. The van der Waals surface area contributed by atoms with E-state index in [2.05, 4.69) is 0 Å². The Morgan fingerprint density at radius 1 is 0.722 bits per heavy atom. The van der Waals surface area contributed by atoms with Gasteiger partial charge in [0.05, 0.1) is 15.1 Å². The van der Waals surface area contributed by atoms with Gasteiger partial charge in [-0.25, -0.2) is 0 Å². The summed E-state index contributed by atoms with van der Waals surface area (Å²) >= 11 is 31.2. The van der Waals surface area contributed by atoms with Crippen molar-refractivity contribution in [3.05, 3.63) is 57.5 Å². The predicted molar refractivity (Wildman–Crippen MR) is 84.6 cm³/mol. The molecule has 0 fully saturated rings. The summed E-state index contributed by atoms with van der Waals surface area (Å²) in [4.78, 5) is 0. The standard InChI is InChI=1S/C12H7Cl5Si/c13-9-6-7-10(12(15)11(9)14)18(16,17)8-4-2-1-3-5-8/h1-7H. The van der Waals surface area contributed by atoms with Crippen LogP contribution in [0.3, 0.4) is 0 Å². The highest BCUT2D eigenvalue weighted by atomic mass is 35.7. The average Bonchev–Trinajstić information content (AvgIpc) is 2.37. The van der Waals surface area contributed by atoms with Crippen LogP contribution < -0.4 is 10.4 Å². The minimum absolute atomic E-state index is 0.282. The first-order valence-corrected chi connectivity index (χ1v) is 10.2. The van der Waals surface area contributed by atoms with Gasteiger partial charge in [0.2, 0.25) is 0 Å². The van der Waals surface area contributed by atoms with Crippen molar-refractivity contribution in [1.82, 2.24) is 0 Å². The molecule has 94 valence electrons. The van der Waals surface area contributed by atoms with E-state index in [1.807, 2.05) is 30.3 Å². The molecule has 0 nitrogen and oxygen atoms in total. The molecule has 0 aliphatic carbocycles. The van der Waals surface area contributed by atoms with Gasteiger partial charge in [-0.2, -0.15) is 0 Å². The highest BCUT2D eigenvalue weighted by Crippen LogP contribution is 2.31. The van der Waals surface area contributed by atoms with Gasteiger partial charge in [-0.05, 0) is 16.4 Å². The van der Waals surface area contributed by atoms with Gasteiger partial charge >= 0.3 is 6.69 Å². The van der Waals surface area contributed by atoms with Gasteiger partial charge < -0.3 is 0 Å². The van der Waals surface area contributed by atoms with Crippen molar-refractivity contribution < 1.29 is 0 Å². The fourth-order valence-corrected chi connectivity index (χ4v) is 6.22. The largest absolute Gasteiger partial charge is 0.311 e. The van der Waals surface area contributed by atoms with Crippen LogP contribution in [0.1, 0.15) is 0 Å². The summed E-state index contributed by atoms with van der Waals surface area (Å²) in [6.45, 7) is -2.88. The van der Waals surface area contributed by atoms with E-state index in [1.54, 1.807) is 12.1 Å². The highest BCUT2D eigenvalue weighted by Gasteiger charge is 2.36. The van der Waals surface area contributed by atoms with Crippen molar-refractivity contribution in [2.24, 2.45) is 0 Å². The van der Waals surface area contributed by atoms with Gasteiger partial charge in [0.1, 0.15) is 0 Å². The fraction of sp³-hybridized carbons (Fsp3) is 0. The van der Waals surface area contributed by atoms with E-state index in [0.717, 1.165) is 5.19 Å². The molecule has 0 spiro atoms. The van der Waals surface area contributed by atoms with E-state index < -0.39 is 6.69 Å². The smallest absolute Gasteiger partial charge is 0.134 e. The third kappa shape index (κ3) is 2.67. The van der Waals surface area contributed by atoms with Gasteiger partial charge in [0.15, 0.2) is 0 Å². The Bertz CT molecular complexity index is 568. The number of hydrogen-bond donors (Lipinski definition) is 0. The minimum Gasteiger partial charge on any atom is -0.134 e. The fourth-order valence-electron chi connectivity index (χ4n) is 1.57. The zero-order valence-electron chi connectivity index (χ0n) is 8.93. The molecule has 2 aromatic carbocycles. The second-order valence-corrected chi connectivity index (χ2v) is 11.1. The molecule has 0 bridgehead atoms. The second-order valence-electron chi connectivity index (χ2n) is 3.66. The Kier molecular flexibility index (Phi) is 4.53. The molecule has 2 rings (SSSR count). The van der Waals surface area contributed by atoms with Crippen LogP contribution in [0.15, 0.2) is 42.5 Å². The molecule has 0 atom stereocenters. The molecule has 0 saturated carbocycles. The summed E-state index contributed by atoms with van der Waals surface area (Å²) in [6.07, 6.45) is 0.